The fourth-order valence-electron chi connectivity index (χ4n) is 5.07. The maximum atomic E-state index is 13.0. The molecule has 3 heterocycles. The molecule has 0 atom stereocenters. The monoisotopic (exact) mass is 528 g/mol. The van der Waals surface area contributed by atoms with Gasteiger partial charge in [-0.25, -0.2) is 9.97 Å². The average molecular weight is 529 g/mol. The molecule has 1 saturated carbocycles. The van der Waals surface area contributed by atoms with Gasteiger partial charge in [0.15, 0.2) is 10.9 Å². The number of carbonyl (C=O) groups excluding carboxylic acids is 2. The van der Waals surface area contributed by atoms with Gasteiger partial charge < -0.3 is 19.0 Å². The minimum Gasteiger partial charge on any atom is -0.466 e. The zero-order valence-electron chi connectivity index (χ0n) is 22.6. The first-order valence-corrected chi connectivity index (χ1v) is 14.6. The van der Waals surface area contributed by atoms with Gasteiger partial charge >= 0.3 is 5.97 Å². The van der Waals surface area contributed by atoms with E-state index in [2.05, 4.69) is 31.9 Å². The van der Waals surface area contributed by atoms with Gasteiger partial charge in [-0.2, -0.15) is 0 Å². The number of hydrogen-bond acceptors (Lipinski definition) is 8. The second-order valence-corrected chi connectivity index (χ2v) is 11.3. The van der Waals surface area contributed by atoms with Crippen molar-refractivity contribution in [3.63, 3.8) is 0 Å². The minimum absolute atomic E-state index is 0.129. The number of nitrogens with zero attached hydrogens (tertiary/aromatic N) is 4. The van der Waals surface area contributed by atoms with Crippen molar-refractivity contribution < 1.29 is 18.7 Å². The fourth-order valence-corrected chi connectivity index (χ4v) is 5.82. The molecule has 1 amide bonds. The zero-order chi connectivity index (χ0) is 26.4. The van der Waals surface area contributed by atoms with Crippen molar-refractivity contribution in [2.24, 2.45) is 5.92 Å². The lowest BCUT2D eigenvalue weighted by atomic mass is 9.94. The van der Waals surface area contributed by atoms with E-state index in [4.69, 9.17) is 19.1 Å². The molecule has 1 aliphatic carbocycles. The molecule has 0 unspecified atom stereocenters. The molecular formula is C28H40N4O4S. The first kappa shape index (κ1) is 27.5. The lowest BCUT2D eigenvalue weighted by Gasteiger charge is -2.32. The predicted molar refractivity (Wildman–Crippen MR) is 145 cm³/mol. The Bertz CT molecular complexity index is 1060. The van der Waals surface area contributed by atoms with Crippen molar-refractivity contribution >= 4 is 29.5 Å². The largest absolute Gasteiger partial charge is 0.466 e. The first-order valence-electron chi connectivity index (χ1n) is 13.6. The topological polar surface area (TPSA) is 88.8 Å². The fraction of sp³-hybridized carbons (Fsp3) is 0.643. The van der Waals surface area contributed by atoms with Gasteiger partial charge in [-0.3, -0.25) is 9.59 Å². The van der Waals surface area contributed by atoms with E-state index >= 15 is 0 Å². The number of anilines is 1. The summed E-state index contributed by atoms with van der Waals surface area (Å²) in [6.07, 6.45) is 7.55. The van der Waals surface area contributed by atoms with Crippen LogP contribution >= 0.6 is 11.8 Å². The molecule has 0 spiro atoms. The van der Waals surface area contributed by atoms with Gasteiger partial charge in [-0.05, 0) is 50.7 Å². The normalized spacial score (nSPS) is 17.3. The summed E-state index contributed by atoms with van der Waals surface area (Å²) in [5, 5.41) is 0.731. The molecule has 0 bridgehead atoms. The van der Waals surface area contributed by atoms with Crippen LogP contribution in [0.5, 0.6) is 0 Å². The molecular weight excluding hydrogens is 488 g/mol. The third kappa shape index (κ3) is 7.06. The van der Waals surface area contributed by atoms with Crippen molar-refractivity contribution in [1.82, 2.24) is 14.9 Å². The Labute approximate surface area is 224 Å². The number of furan rings is 1. The number of carbonyl (C=O) groups is 2. The van der Waals surface area contributed by atoms with Crippen LogP contribution in [0.2, 0.25) is 0 Å². The molecule has 2 fully saturated rings. The van der Waals surface area contributed by atoms with Crippen LogP contribution in [0.3, 0.4) is 0 Å². The third-order valence-electron chi connectivity index (χ3n) is 7.41. The highest BCUT2D eigenvalue weighted by Gasteiger charge is 2.30. The van der Waals surface area contributed by atoms with Gasteiger partial charge in [0.1, 0.15) is 11.6 Å². The quantitative estimate of drug-likeness (QED) is 0.234. The Morgan fingerprint density at radius 2 is 1.86 bits per heavy atom. The summed E-state index contributed by atoms with van der Waals surface area (Å²) < 4.78 is 11.0. The zero-order valence-corrected chi connectivity index (χ0v) is 23.4. The number of ether oxygens (including phenoxy) is 1. The highest BCUT2D eigenvalue weighted by molar-refractivity contribution is 7.98. The molecule has 0 aromatic carbocycles. The Hall–Kier alpha value is -2.55. The third-order valence-corrected chi connectivity index (χ3v) is 8.27. The number of amides is 1. The molecule has 8 nitrogen and oxygen atoms in total. The molecule has 2 aromatic rings. The van der Waals surface area contributed by atoms with Gasteiger partial charge in [0.05, 0.1) is 18.3 Å². The first-order chi connectivity index (χ1) is 17.9. The van der Waals surface area contributed by atoms with E-state index < -0.39 is 0 Å². The molecule has 37 heavy (non-hydrogen) atoms. The summed E-state index contributed by atoms with van der Waals surface area (Å²) in [5.74, 6) is 2.46. The number of likely N-dealkylation sites (tertiary alicyclic amines) is 1. The molecule has 1 saturated heterocycles. The lowest BCUT2D eigenvalue weighted by molar-refractivity contribution is -0.149. The van der Waals surface area contributed by atoms with Crippen molar-refractivity contribution in [3.8, 4) is 0 Å². The van der Waals surface area contributed by atoms with Crippen molar-refractivity contribution in [3.05, 3.63) is 35.4 Å². The van der Waals surface area contributed by atoms with E-state index in [-0.39, 0.29) is 17.8 Å². The minimum atomic E-state index is -0.163. The summed E-state index contributed by atoms with van der Waals surface area (Å²) in [4.78, 5) is 38.7. The molecule has 2 aliphatic rings. The summed E-state index contributed by atoms with van der Waals surface area (Å²) >= 11 is 1.53. The number of thioether (sulfide) groups is 1. The van der Waals surface area contributed by atoms with Gasteiger partial charge in [-0.1, -0.05) is 44.9 Å². The Kier molecular flexibility index (Phi) is 9.51. The molecule has 1 aliphatic heterocycles. The van der Waals surface area contributed by atoms with Gasteiger partial charge in [-0.15, -0.1) is 0 Å². The number of aromatic nitrogens is 2. The van der Waals surface area contributed by atoms with Crippen LogP contribution in [-0.2, 0) is 15.3 Å². The smallest absolute Gasteiger partial charge is 0.309 e. The standard InChI is InChI=1S/C28H40N4O4S/c1-5-35-27(34)20-13-15-32(16-14-20)26(33)24-12-11-22(36-24)18-37-28-29-23(19(2)3)17-25(30-28)31(4)21-9-7-6-8-10-21/h11-12,17,19-21H,5-10,13-16,18H2,1-4H3. The summed E-state index contributed by atoms with van der Waals surface area (Å²) in [6.45, 7) is 7.56. The van der Waals surface area contributed by atoms with E-state index in [1.165, 1.54) is 43.9 Å². The Morgan fingerprint density at radius 1 is 1.14 bits per heavy atom. The van der Waals surface area contributed by atoms with E-state index in [0.29, 0.717) is 56.0 Å². The number of rotatable bonds is 9. The van der Waals surface area contributed by atoms with Crippen molar-refractivity contribution in [2.75, 3.05) is 31.6 Å². The highest BCUT2D eigenvalue weighted by atomic mass is 32.2. The SMILES string of the molecule is CCOC(=O)C1CCN(C(=O)c2ccc(CSc3nc(C(C)C)cc(N(C)C4CCCCC4)n3)o2)CC1. The van der Waals surface area contributed by atoms with Gasteiger partial charge in [0.2, 0.25) is 0 Å². The van der Waals surface area contributed by atoms with Gasteiger partial charge in [0, 0.05) is 37.9 Å². The van der Waals surface area contributed by atoms with Crippen LogP contribution in [0.4, 0.5) is 5.82 Å². The summed E-state index contributed by atoms with van der Waals surface area (Å²) in [7, 11) is 2.15. The van der Waals surface area contributed by atoms with Crippen LogP contribution in [0, 0.1) is 5.92 Å². The average Bonchev–Trinajstić information content (AvgIpc) is 3.40. The highest BCUT2D eigenvalue weighted by Crippen LogP contribution is 2.30. The molecule has 0 N–H and O–H groups in total. The number of hydrogen-bond donors (Lipinski definition) is 0. The molecule has 0 radical (unpaired) electrons. The summed E-state index contributed by atoms with van der Waals surface area (Å²) in [6, 6.07) is 6.25. The van der Waals surface area contributed by atoms with Crippen LogP contribution < -0.4 is 4.90 Å². The summed E-state index contributed by atoms with van der Waals surface area (Å²) in [5.41, 5.74) is 1.04. The molecule has 4 rings (SSSR count). The number of esters is 1. The van der Waals surface area contributed by atoms with Crippen molar-refractivity contribution in [1.29, 1.82) is 0 Å². The second kappa shape index (κ2) is 12.8. The van der Waals surface area contributed by atoms with E-state index in [1.807, 2.05) is 13.0 Å². The molecule has 202 valence electrons. The second-order valence-electron chi connectivity index (χ2n) is 10.4. The Balaban J connectivity index is 1.37. The van der Waals surface area contributed by atoms with Crippen LogP contribution in [0.15, 0.2) is 27.8 Å². The lowest BCUT2D eigenvalue weighted by Crippen LogP contribution is -2.40. The Morgan fingerprint density at radius 3 is 2.54 bits per heavy atom. The van der Waals surface area contributed by atoms with E-state index in [9.17, 15) is 9.59 Å². The van der Waals surface area contributed by atoms with E-state index in [1.54, 1.807) is 11.0 Å². The van der Waals surface area contributed by atoms with E-state index in [0.717, 1.165) is 22.4 Å². The van der Waals surface area contributed by atoms with Crippen LogP contribution in [0.1, 0.15) is 93.6 Å². The molecule has 9 heteroatoms. The van der Waals surface area contributed by atoms with Crippen LogP contribution in [0.25, 0.3) is 0 Å². The number of piperidine rings is 1. The molecule has 2 aromatic heterocycles. The van der Waals surface area contributed by atoms with Crippen molar-refractivity contribution in [2.45, 2.75) is 88.6 Å². The predicted octanol–water partition coefficient (Wildman–Crippen LogP) is 5.67. The maximum Gasteiger partial charge on any atom is 0.309 e. The van der Waals surface area contributed by atoms with Gasteiger partial charge in [0.25, 0.3) is 5.91 Å². The van der Waals surface area contributed by atoms with Crippen LogP contribution in [-0.4, -0.2) is 59.5 Å². The maximum absolute atomic E-state index is 13.0.